The van der Waals surface area contributed by atoms with Crippen LogP contribution in [0.2, 0.25) is 5.02 Å². The van der Waals surface area contributed by atoms with Crippen molar-refractivity contribution in [2.24, 2.45) is 0 Å². The van der Waals surface area contributed by atoms with Gasteiger partial charge < -0.3 is 10.2 Å². The molecule has 5 rings (SSSR count). The van der Waals surface area contributed by atoms with E-state index in [1.165, 1.54) is 0 Å². The molecule has 0 spiro atoms. The minimum absolute atomic E-state index is 0.400. The van der Waals surface area contributed by atoms with Gasteiger partial charge in [-0.05, 0) is 51.5 Å². The van der Waals surface area contributed by atoms with E-state index in [2.05, 4.69) is 39.1 Å². The molecule has 154 valence electrons. The zero-order valence-corrected chi connectivity index (χ0v) is 18.3. The molecule has 5 heterocycles. The lowest BCUT2D eigenvalue weighted by Gasteiger charge is -2.37. The number of anilines is 1. The summed E-state index contributed by atoms with van der Waals surface area (Å²) in [5.41, 5.74) is 5.99. The van der Waals surface area contributed by atoms with Gasteiger partial charge in [0.15, 0.2) is 11.3 Å². The van der Waals surface area contributed by atoms with Crippen LogP contribution in [0.1, 0.15) is 25.1 Å². The number of imidazole rings is 1. The van der Waals surface area contributed by atoms with E-state index in [0.29, 0.717) is 22.8 Å². The van der Waals surface area contributed by atoms with Gasteiger partial charge in [-0.1, -0.05) is 11.6 Å². The first-order valence-corrected chi connectivity index (χ1v) is 10.6. The number of aromatic nitrogens is 5. The van der Waals surface area contributed by atoms with E-state index >= 15 is 0 Å². The third kappa shape index (κ3) is 3.28. The van der Waals surface area contributed by atoms with Crippen LogP contribution in [-0.2, 0) is 0 Å². The number of nitrogens with one attached hydrogen (secondary N) is 1. The van der Waals surface area contributed by atoms with E-state index in [4.69, 9.17) is 16.6 Å². The van der Waals surface area contributed by atoms with Crippen molar-refractivity contribution in [3.63, 3.8) is 0 Å². The second-order valence-corrected chi connectivity index (χ2v) is 8.64. The summed E-state index contributed by atoms with van der Waals surface area (Å²) < 4.78 is 1.81. The predicted octanol–water partition coefficient (Wildman–Crippen LogP) is 3.80. The highest BCUT2D eigenvalue weighted by Crippen LogP contribution is 2.33. The van der Waals surface area contributed by atoms with Crippen LogP contribution in [0.4, 0.5) is 5.69 Å². The monoisotopic (exact) mass is 421 g/mol. The molecule has 0 aliphatic carbocycles. The maximum Gasteiger partial charge on any atom is 0.161 e. The first-order chi connectivity index (χ1) is 14.4. The average Bonchev–Trinajstić information content (AvgIpc) is 3.08. The first kappa shape index (κ1) is 19.2. The van der Waals surface area contributed by atoms with Crippen LogP contribution >= 0.6 is 11.6 Å². The second kappa shape index (κ2) is 7.18. The highest BCUT2D eigenvalue weighted by atomic mass is 35.5. The van der Waals surface area contributed by atoms with Crippen LogP contribution in [0.25, 0.3) is 28.1 Å². The van der Waals surface area contributed by atoms with E-state index in [9.17, 15) is 0 Å². The minimum atomic E-state index is 0.400. The highest BCUT2D eigenvalue weighted by molar-refractivity contribution is 6.37. The van der Waals surface area contributed by atoms with Crippen molar-refractivity contribution in [3.05, 3.63) is 46.9 Å². The van der Waals surface area contributed by atoms with Crippen LogP contribution in [0.3, 0.4) is 0 Å². The molecule has 0 radical (unpaired) electrons. The van der Waals surface area contributed by atoms with Crippen LogP contribution in [0.5, 0.6) is 0 Å². The van der Waals surface area contributed by atoms with Crippen molar-refractivity contribution in [2.75, 3.05) is 18.0 Å². The van der Waals surface area contributed by atoms with E-state index in [-0.39, 0.29) is 0 Å². The number of rotatable bonds is 2. The molecule has 8 heteroatoms. The molecule has 1 fully saturated rings. The van der Waals surface area contributed by atoms with Gasteiger partial charge in [-0.15, -0.1) is 0 Å². The zero-order valence-electron chi connectivity index (χ0n) is 17.5. The average molecular weight is 422 g/mol. The Morgan fingerprint density at radius 1 is 1.07 bits per heavy atom. The van der Waals surface area contributed by atoms with Gasteiger partial charge in [0, 0.05) is 30.6 Å². The number of hydrogen-bond donors (Lipinski definition) is 1. The fraction of sp³-hybridized carbons (Fsp3) is 0.364. The van der Waals surface area contributed by atoms with E-state index in [1.54, 1.807) is 0 Å². The van der Waals surface area contributed by atoms with Crippen LogP contribution in [0.15, 0.2) is 30.6 Å². The van der Waals surface area contributed by atoms with Crippen LogP contribution < -0.4 is 10.2 Å². The molecule has 4 aromatic rings. The van der Waals surface area contributed by atoms with Gasteiger partial charge >= 0.3 is 0 Å². The van der Waals surface area contributed by atoms with Crippen molar-refractivity contribution >= 4 is 34.0 Å². The summed E-state index contributed by atoms with van der Waals surface area (Å²) in [6.07, 6.45) is 3.76. The van der Waals surface area contributed by atoms with Crippen molar-refractivity contribution in [1.82, 2.24) is 29.9 Å². The molecule has 4 aromatic heterocycles. The first-order valence-electron chi connectivity index (χ1n) is 10.2. The standard InChI is InChI=1S/C22H24ClN7/c1-12-7-18(28-30-11-15(4)26-22(12)30)17-6-5-16-20(23)19(8-24-21(16)27-17)29-9-13(2)25-14(3)10-29/h5-8,11,13-14,25H,9-10H2,1-4H3/t13-,14-/m0/s1. The molecule has 30 heavy (non-hydrogen) atoms. The van der Waals surface area contributed by atoms with Crippen LogP contribution in [0, 0.1) is 13.8 Å². The molecule has 0 aromatic carbocycles. The number of hydrogen-bond acceptors (Lipinski definition) is 6. The summed E-state index contributed by atoms with van der Waals surface area (Å²) in [5, 5.41) is 9.78. The van der Waals surface area contributed by atoms with Gasteiger partial charge in [-0.3, -0.25) is 0 Å². The molecule has 1 N–H and O–H groups in total. The number of halogens is 1. The summed E-state index contributed by atoms with van der Waals surface area (Å²) in [4.78, 5) is 16.2. The quantitative estimate of drug-likeness (QED) is 0.531. The Labute approximate surface area is 180 Å². The molecular weight excluding hydrogens is 398 g/mol. The summed E-state index contributed by atoms with van der Waals surface area (Å²) in [5.74, 6) is 0. The Hall–Kier alpha value is -2.77. The fourth-order valence-corrected chi connectivity index (χ4v) is 4.61. The van der Waals surface area contributed by atoms with E-state index in [0.717, 1.165) is 52.5 Å². The van der Waals surface area contributed by atoms with Gasteiger partial charge in [0.25, 0.3) is 0 Å². The molecule has 0 amide bonds. The topological polar surface area (TPSA) is 71.2 Å². The van der Waals surface area contributed by atoms with E-state index in [1.807, 2.05) is 49.0 Å². The van der Waals surface area contributed by atoms with E-state index < -0.39 is 0 Å². The van der Waals surface area contributed by atoms with Crippen LogP contribution in [-0.4, -0.2) is 49.7 Å². The lowest BCUT2D eigenvalue weighted by Crippen LogP contribution is -2.54. The molecular formula is C22H24ClN7. The molecule has 1 aliphatic rings. The fourth-order valence-electron chi connectivity index (χ4n) is 4.29. The Morgan fingerprint density at radius 3 is 2.60 bits per heavy atom. The normalized spacial score (nSPS) is 19.7. The van der Waals surface area contributed by atoms with Gasteiger partial charge in [0.05, 0.1) is 34.5 Å². The summed E-state index contributed by atoms with van der Waals surface area (Å²) in [6, 6.07) is 6.76. The molecule has 1 saturated heterocycles. The van der Waals surface area contributed by atoms with Crippen molar-refractivity contribution < 1.29 is 0 Å². The number of nitrogens with zero attached hydrogens (tertiary/aromatic N) is 6. The lowest BCUT2D eigenvalue weighted by molar-refractivity contribution is 0.407. The lowest BCUT2D eigenvalue weighted by atomic mass is 10.1. The van der Waals surface area contributed by atoms with Crippen molar-refractivity contribution in [3.8, 4) is 11.4 Å². The molecule has 0 saturated carbocycles. The predicted molar refractivity (Wildman–Crippen MR) is 120 cm³/mol. The van der Waals surface area contributed by atoms with Gasteiger partial charge in [-0.25, -0.2) is 19.5 Å². The van der Waals surface area contributed by atoms with Gasteiger partial charge in [-0.2, -0.15) is 5.10 Å². The molecule has 0 bridgehead atoms. The summed E-state index contributed by atoms with van der Waals surface area (Å²) >= 11 is 6.80. The number of aryl methyl sites for hydroxylation is 2. The largest absolute Gasteiger partial charge is 0.366 e. The summed E-state index contributed by atoms with van der Waals surface area (Å²) in [6.45, 7) is 10.2. The number of piperazine rings is 1. The molecule has 2 atom stereocenters. The molecule has 7 nitrogen and oxygen atoms in total. The third-order valence-corrected chi connectivity index (χ3v) is 5.93. The zero-order chi connectivity index (χ0) is 21.0. The highest BCUT2D eigenvalue weighted by Gasteiger charge is 2.24. The SMILES string of the molecule is Cc1cn2nc(-c3ccc4c(Cl)c(N5C[C@H](C)N[C@@H](C)C5)cnc4n3)cc(C)c2n1. The Balaban J connectivity index is 1.56. The Morgan fingerprint density at radius 2 is 1.83 bits per heavy atom. The minimum Gasteiger partial charge on any atom is -0.366 e. The van der Waals surface area contributed by atoms with Gasteiger partial charge in [0.1, 0.15) is 5.69 Å². The number of fused-ring (bicyclic) bond motifs is 2. The summed E-state index contributed by atoms with van der Waals surface area (Å²) in [7, 11) is 0. The maximum atomic E-state index is 6.80. The van der Waals surface area contributed by atoms with Gasteiger partial charge in [0.2, 0.25) is 0 Å². The molecule has 1 aliphatic heterocycles. The maximum absolute atomic E-state index is 6.80. The van der Waals surface area contributed by atoms with Crippen molar-refractivity contribution in [2.45, 2.75) is 39.8 Å². The second-order valence-electron chi connectivity index (χ2n) is 8.26. The number of pyridine rings is 2. The van der Waals surface area contributed by atoms with Crippen molar-refractivity contribution in [1.29, 1.82) is 0 Å². The molecule has 0 unspecified atom stereocenters. The Bertz CT molecular complexity index is 1260. The third-order valence-electron chi connectivity index (χ3n) is 5.54. The Kier molecular flexibility index (Phi) is 4.60. The smallest absolute Gasteiger partial charge is 0.161 e.